The van der Waals surface area contributed by atoms with Crippen LogP contribution in [0.15, 0.2) is 68.3 Å². The number of carbonyl (C=O) groups is 1. The molecule has 7 nitrogen and oxygen atoms in total. The highest BCUT2D eigenvalue weighted by Crippen LogP contribution is 2.32. The SMILES string of the molecule is Cc1cc2nc(CSc3nc4ccc(NC(=O)c5ccc(F)cc5)cc4s3)cc(=O)n2o1. The van der Waals surface area contributed by atoms with Crippen LogP contribution in [0.4, 0.5) is 10.1 Å². The smallest absolute Gasteiger partial charge is 0.287 e. The molecule has 0 radical (unpaired) electrons. The Kier molecular flexibility index (Phi) is 5.24. The van der Waals surface area contributed by atoms with Gasteiger partial charge in [0.05, 0.1) is 15.9 Å². The summed E-state index contributed by atoms with van der Waals surface area (Å²) in [6, 6.07) is 14.0. The molecule has 2 aromatic carbocycles. The van der Waals surface area contributed by atoms with Gasteiger partial charge in [0.2, 0.25) is 0 Å². The van der Waals surface area contributed by atoms with Crippen LogP contribution in [0.3, 0.4) is 0 Å². The maximum absolute atomic E-state index is 13.1. The lowest BCUT2D eigenvalue weighted by Gasteiger charge is -2.05. The van der Waals surface area contributed by atoms with Crippen LogP contribution in [-0.4, -0.2) is 20.4 Å². The van der Waals surface area contributed by atoms with E-state index in [0.717, 1.165) is 14.6 Å². The van der Waals surface area contributed by atoms with E-state index in [0.29, 0.717) is 34.1 Å². The fraction of sp³-hybridized carbons (Fsp3) is 0.0909. The number of rotatable bonds is 5. The molecule has 10 heteroatoms. The highest BCUT2D eigenvalue weighted by Gasteiger charge is 2.11. The average molecular weight is 467 g/mol. The lowest BCUT2D eigenvalue weighted by molar-refractivity contribution is 0.102. The number of nitrogens with zero attached hydrogens (tertiary/aromatic N) is 3. The third-order valence-corrected chi connectivity index (χ3v) is 6.80. The van der Waals surface area contributed by atoms with Crippen molar-refractivity contribution in [3.63, 3.8) is 0 Å². The molecule has 0 atom stereocenters. The van der Waals surface area contributed by atoms with Crippen LogP contribution in [0.5, 0.6) is 0 Å². The van der Waals surface area contributed by atoms with E-state index in [1.54, 1.807) is 19.1 Å². The molecule has 5 rings (SSSR count). The lowest BCUT2D eigenvalue weighted by Crippen LogP contribution is -2.12. The van der Waals surface area contributed by atoms with E-state index in [1.165, 1.54) is 58.0 Å². The molecule has 160 valence electrons. The molecule has 0 saturated carbocycles. The highest BCUT2D eigenvalue weighted by atomic mass is 32.2. The van der Waals surface area contributed by atoms with Crippen LogP contribution in [0, 0.1) is 12.7 Å². The van der Waals surface area contributed by atoms with Gasteiger partial charge in [-0.3, -0.25) is 9.59 Å². The number of nitrogens with one attached hydrogen (secondary N) is 1. The van der Waals surface area contributed by atoms with Gasteiger partial charge in [0.1, 0.15) is 11.6 Å². The summed E-state index contributed by atoms with van der Waals surface area (Å²) >= 11 is 2.97. The van der Waals surface area contributed by atoms with E-state index < -0.39 is 5.82 Å². The van der Waals surface area contributed by atoms with Crippen molar-refractivity contribution in [1.29, 1.82) is 0 Å². The predicted molar refractivity (Wildman–Crippen MR) is 122 cm³/mol. The molecular weight excluding hydrogens is 451 g/mol. The van der Waals surface area contributed by atoms with Gasteiger partial charge < -0.3 is 9.84 Å². The van der Waals surface area contributed by atoms with Gasteiger partial charge >= 0.3 is 0 Å². The van der Waals surface area contributed by atoms with Gasteiger partial charge in [0.15, 0.2) is 9.99 Å². The Morgan fingerprint density at radius 2 is 1.97 bits per heavy atom. The number of aromatic nitrogens is 3. The summed E-state index contributed by atoms with van der Waals surface area (Å²) in [4.78, 5) is 33.6. The molecule has 1 N–H and O–H groups in total. The normalized spacial score (nSPS) is 11.3. The van der Waals surface area contributed by atoms with Crippen molar-refractivity contribution in [3.05, 3.63) is 87.8 Å². The first-order valence-corrected chi connectivity index (χ1v) is 11.3. The molecule has 3 aromatic heterocycles. The van der Waals surface area contributed by atoms with Gasteiger partial charge in [-0.1, -0.05) is 11.8 Å². The number of aryl methyl sites for hydroxylation is 1. The number of fused-ring (bicyclic) bond motifs is 2. The number of amides is 1. The molecule has 32 heavy (non-hydrogen) atoms. The molecule has 3 heterocycles. The lowest BCUT2D eigenvalue weighted by atomic mass is 10.2. The van der Waals surface area contributed by atoms with Crippen molar-refractivity contribution in [2.24, 2.45) is 0 Å². The molecule has 0 fully saturated rings. The summed E-state index contributed by atoms with van der Waals surface area (Å²) in [6.07, 6.45) is 0. The molecule has 0 spiro atoms. The van der Waals surface area contributed by atoms with E-state index in [-0.39, 0.29) is 11.5 Å². The topological polar surface area (TPSA) is 89.5 Å². The molecule has 0 saturated heterocycles. The van der Waals surface area contributed by atoms with Crippen molar-refractivity contribution in [3.8, 4) is 0 Å². The van der Waals surface area contributed by atoms with Gasteiger partial charge in [-0.2, -0.15) is 0 Å². The van der Waals surface area contributed by atoms with Crippen LogP contribution in [0.2, 0.25) is 0 Å². The zero-order valence-corrected chi connectivity index (χ0v) is 18.3. The van der Waals surface area contributed by atoms with Gasteiger partial charge in [-0.15, -0.1) is 15.9 Å². The number of carbonyl (C=O) groups excluding carboxylic acids is 1. The molecule has 0 unspecified atom stereocenters. The Morgan fingerprint density at radius 1 is 1.16 bits per heavy atom. The van der Waals surface area contributed by atoms with Gasteiger partial charge in [0, 0.05) is 29.1 Å². The molecule has 1 amide bonds. The van der Waals surface area contributed by atoms with Crippen LogP contribution in [0.25, 0.3) is 15.9 Å². The quantitative estimate of drug-likeness (QED) is 0.371. The summed E-state index contributed by atoms with van der Waals surface area (Å²) in [5, 5.41) is 2.82. The summed E-state index contributed by atoms with van der Waals surface area (Å²) in [5.41, 5.74) is 2.68. The summed E-state index contributed by atoms with van der Waals surface area (Å²) in [7, 11) is 0. The molecule has 0 aliphatic heterocycles. The van der Waals surface area contributed by atoms with Gasteiger partial charge in [-0.25, -0.2) is 14.4 Å². The first kappa shape index (κ1) is 20.4. The minimum Gasteiger partial charge on any atom is -0.375 e. The van der Waals surface area contributed by atoms with Gasteiger partial charge in [-0.05, 0) is 49.4 Å². The van der Waals surface area contributed by atoms with Gasteiger partial charge in [0.25, 0.3) is 11.5 Å². The number of anilines is 1. The predicted octanol–water partition coefficient (Wildman–Crippen LogP) is 4.89. The standard InChI is InChI=1S/C22H15FN4O3S2/c1-12-8-19-24-16(10-20(28)27(19)30-12)11-31-22-26-17-7-6-15(9-18(17)32-22)25-21(29)13-2-4-14(23)5-3-13/h2-10H,11H2,1H3,(H,25,29). The Labute approximate surface area is 188 Å². The largest absolute Gasteiger partial charge is 0.375 e. The van der Waals surface area contributed by atoms with E-state index in [1.807, 2.05) is 12.1 Å². The second kappa shape index (κ2) is 8.21. The number of benzene rings is 2. The van der Waals surface area contributed by atoms with Crippen molar-refractivity contribution in [2.75, 3.05) is 5.32 Å². The molecule has 0 aliphatic carbocycles. The van der Waals surface area contributed by atoms with E-state index in [2.05, 4.69) is 15.3 Å². The maximum Gasteiger partial charge on any atom is 0.287 e. The Balaban J connectivity index is 1.31. The minimum absolute atomic E-state index is 0.260. The summed E-state index contributed by atoms with van der Waals surface area (Å²) < 4.78 is 21.3. The molecular formula is C22H15FN4O3S2. The maximum atomic E-state index is 13.1. The first-order valence-electron chi connectivity index (χ1n) is 9.54. The van der Waals surface area contributed by atoms with Crippen molar-refractivity contribution in [2.45, 2.75) is 17.0 Å². The summed E-state index contributed by atoms with van der Waals surface area (Å²) in [6.45, 7) is 1.76. The van der Waals surface area contributed by atoms with Crippen molar-refractivity contribution >= 4 is 50.6 Å². The second-order valence-electron chi connectivity index (χ2n) is 7.00. The molecule has 5 aromatic rings. The number of hydrogen-bond acceptors (Lipinski definition) is 7. The zero-order chi connectivity index (χ0) is 22.2. The third kappa shape index (κ3) is 4.14. The Hall–Kier alpha value is -3.50. The number of thioether (sulfide) groups is 1. The first-order chi connectivity index (χ1) is 15.4. The van der Waals surface area contributed by atoms with E-state index in [4.69, 9.17) is 4.52 Å². The fourth-order valence-electron chi connectivity index (χ4n) is 3.13. The van der Waals surface area contributed by atoms with E-state index >= 15 is 0 Å². The zero-order valence-electron chi connectivity index (χ0n) is 16.7. The Bertz CT molecular complexity index is 1520. The minimum atomic E-state index is -0.391. The summed E-state index contributed by atoms with van der Waals surface area (Å²) in [5.74, 6) is 0.403. The van der Waals surface area contributed by atoms with Crippen molar-refractivity contribution in [1.82, 2.24) is 14.5 Å². The Morgan fingerprint density at radius 3 is 2.78 bits per heavy atom. The van der Waals surface area contributed by atoms with Crippen LogP contribution >= 0.6 is 23.1 Å². The highest BCUT2D eigenvalue weighted by molar-refractivity contribution is 8.00. The molecule has 0 aliphatic rings. The molecule has 0 bridgehead atoms. The van der Waals surface area contributed by atoms with Crippen LogP contribution in [0.1, 0.15) is 21.8 Å². The van der Waals surface area contributed by atoms with E-state index in [9.17, 15) is 14.0 Å². The number of halogens is 1. The number of thiazole rings is 1. The van der Waals surface area contributed by atoms with Crippen LogP contribution in [-0.2, 0) is 5.75 Å². The second-order valence-corrected chi connectivity index (χ2v) is 9.25. The fourth-order valence-corrected chi connectivity index (χ4v) is 5.13. The van der Waals surface area contributed by atoms with Crippen molar-refractivity contribution < 1.29 is 13.7 Å². The third-order valence-electron chi connectivity index (χ3n) is 4.60. The van der Waals surface area contributed by atoms with Crippen LogP contribution < -0.4 is 10.9 Å². The monoisotopic (exact) mass is 466 g/mol. The average Bonchev–Trinajstić information content (AvgIpc) is 3.35. The number of hydrogen-bond donors (Lipinski definition) is 1.